The van der Waals surface area contributed by atoms with Gasteiger partial charge in [-0.3, -0.25) is 0 Å². The second-order valence-corrected chi connectivity index (χ2v) is 5.70. The van der Waals surface area contributed by atoms with Crippen molar-refractivity contribution in [3.05, 3.63) is 0 Å². The van der Waals surface area contributed by atoms with Gasteiger partial charge in [0.15, 0.2) is 0 Å². The van der Waals surface area contributed by atoms with E-state index in [1.54, 1.807) is 0 Å². The third-order valence-electron chi connectivity index (χ3n) is 3.61. The second-order valence-electron chi connectivity index (χ2n) is 5.70. The summed E-state index contributed by atoms with van der Waals surface area (Å²) in [7, 11) is 0. The minimum Gasteiger partial charge on any atom is -0.394 e. The molecule has 0 saturated carbocycles. The zero-order chi connectivity index (χ0) is 17.7. The average Bonchev–Trinajstić information content (AvgIpc) is 2.56. The lowest BCUT2D eigenvalue weighted by atomic mass is 10.0. The number of aliphatic hydroxyl groups is 5. The third kappa shape index (κ3) is 10.5. The van der Waals surface area contributed by atoms with Crippen LogP contribution in [-0.4, -0.2) is 75.7 Å². The number of aliphatic hydroxyl groups excluding tert-OH is 5. The Morgan fingerprint density at radius 2 is 1.43 bits per heavy atom. The number of unbranched alkanes of at least 4 members (excludes halogenated alkanes) is 5. The first-order chi connectivity index (χ1) is 10.9. The molecule has 0 aromatic carbocycles. The van der Waals surface area contributed by atoms with Crippen LogP contribution >= 0.6 is 0 Å². The van der Waals surface area contributed by atoms with Crippen molar-refractivity contribution >= 4 is 6.03 Å². The molecule has 0 unspecified atom stereocenters. The predicted octanol–water partition coefficient (Wildman–Crippen LogP) is -0.918. The summed E-state index contributed by atoms with van der Waals surface area (Å²) >= 11 is 0. The highest BCUT2D eigenvalue weighted by atomic mass is 16.4. The van der Waals surface area contributed by atoms with Crippen molar-refractivity contribution in [1.29, 1.82) is 0 Å². The largest absolute Gasteiger partial charge is 0.394 e. The van der Waals surface area contributed by atoms with E-state index in [0.717, 1.165) is 19.3 Å². The molecule has 8 heteroatoms. The summed E-state index contributed by atoms with van der Waals surface area (Å²) < 4.78 is 0. The summed E-state index contributed by atoms with van der Waals surface area (Å²) in [5, 5.41) is 51.5. The molecule has 0 heterocycles. The number of carbonyl (C=O) groups excluding carboxylic acids is 1. The summed E-state index contributed by atoms with van der Waals surface area (Å²) in [5.41, 5.74) is 0. The Labute approximate surface area is 137 Å². The van der Waals surface area contributed by atoms with E-state index in [4.69, 9.17) is 5.11 Å². The number of carbonyl (C=O) groups is 1. The van der Waals surface area contributed by atoms with Gasteiger partial charge in [-0.1, -0.05) is 39.0 Å². The van der Waals surface area contributed by atoms with Crippen molar-refractivity contribution in [3.63, 3.8) is 0 Å². The summed E-state index contributed by atoms with van der Waals surface area (Å²) in [6.45, 7) is 1.67. The summed E-state index contributed by atoms with van der Waals surface area (Å²) in [4.78, 5) is 11.5. The minimum atomic E-state index is -1.69. The van der Waals surface area contributed by atoms with Crippen molar-refractivity contribution in [2.24, 2.45) is 0 Å². The van der Waals surface area contributed by atoms with E-state index in [0.29, 0.717) is 6.54 Å². The van der Waals surface area contributed by atoms with E-state index in [-0.39, 0.29) is 6.54 Å². The van der Waals surface area contributed by atoms with Crippen LogP contribution in [0.1, 0.15) is 45.4 Å². The lowest BCUT2D eigenvalue weighted by Gasteiger charge is -2.25. The maximum atomic E-state index is 11.5. The van der Waals surface area contributed by atoms with Crippen molar-refractivity contribution < 1.29 is 30.3 Å². The molecule has 0 radical (unpaired) electrons. The lowest BCUT2D eigenvalue weighted by Crippen LogP contribution is -2.50. The standard InChI is InChI=1S/C15H32N2O6/c1-2-3-4-5-6-7-8-16-15(23)17-9-11(19)13(21)14(22)12(20)10-18/h11-14,18-22H,2-10H2,1H3,(H2,16,17,23)/t11-,12+,13+,14+/m0/s1. The van der Waals surface area contributed by atoms with E-state index in [1.807, 2.05) is 0 Å². The van der Waals surface area contributed by atoms with Gasteiger partial charge in [0, 0.05) is 13.1 Å². The van der Waals surface area contributed by atoms with Gasteiger partial charge in [0.1, 0.15) is 18.3 Å². The molecule has 0 aliphatic heterocycles. The molecule has 0 aromatic heterocycles. The predicted molar refractivity (Wildman–Crippen MR) is 85.9 cm³/mol. The van der Waals surface area contributed by atoms with Crippen molar-refractivity contribution in [2.45, 2.75) is 69.9 Å². The molecule has 2 amide bonds. The van der Waals surface area contributed by atoms with Gasteiger partial charge in [-0.15, -0.1) is 0 Å². The van der Waals surface area contributed by atoms with E-state index < -0.39 is 37.1 Å². The Bertz CT molecular complexity index is 306. The first-order valence-electron chi connectivity index (χ1n) is 8.28. The van der Waals surface area contributed by atoms with Crippen LogP contribution < -0.4 is 10.6 Å². The van der Waals surface area contributed by atoms with Crippen LogP contribution in [0, 0.1) is 0 Å². The highest BCUT2D eigenvalue weighted by Crippen LogP contribution is 2.05. The van der Waals surface area contributed by atoms with Crippen LogP contribution in [0.25, 0.3) is 0 Å². The van der Waals surface area contributed by atoms with Gasteiger partial charge in [-0.05, 0) is 6.42 Å². The Morgan fingerprint density at radius 3 is 2.04 bits per heavy atom. The Kier molecular flexibility index (Phi) is 13.0. The molecular weight excluding hydrogens is 304 g/mol. The Balaban J connectivity index is 3.75. The zero-order valence-electron chi connectivity index (χ0n) is 13.8. The molecule has 0 aliphatic carbocycles. The molecule has 0 aromatic rings. The van der Waals surface area contributed by atoms with E-state index in [2.05, 4.69) is 17.6 Å². The maximum absolute atomic E-state index is 11.5. The highest BCUT2D eigenvalue weighted by Gasteiger charge is 2.30. The molecule has 0 rings (SSSR count). The van der Waals surface area contributed by atoms with Crippen LogP contribution in [0.5, 0.6) is 0 Å². The average molecular weight is 336 g/mol. The molecule has 7 N–H and O–H groups in total. The first kappa shape index (κ1) is 22.1. The van der Waals surface area contributed by atoms with Crippen LogP contribution in [0.4, 0.5) is 4.79 Å². The smallest absolute Gasteiger partial charge is 0.314 e. The fourth-order valence-electron chi connectivity index (χ4n) is 2.05. The summed E-state index contributed by atoms with van der Waals surface area (Å²) in [5.74, 6) is 0. The number of urea groups is 1. The minimum absolute atomic E-state index is 0.279. The van der Waals surface area contributed by atoms with Gasteiger partial charge >= 0.3 is 6.03 Å². The molecule has 138 valence electrons. The van der Waals surface area contributed by atoms with Gasteiger partial charge in [-0.25, -0.2) is 4.79 Å². The quantitative estimate of drug-likeness (QED) is 0.217. The molecular formula is C15H32N2O6. The van der Waals surface area contributed by atoms with Gasteiger partial charge in [0.05, 0.1) is 12.7 Å². The SMILES string of the molecule is CCCCCCCCNC(=O)NC[C@H](O)[C@@H](O)[C@H](O)[C@H](O)CO. The number of amides is 2. The van der Waals surface area contributed by atoms with Crippen LogP contribution in [0.3, 0.4) is 0 Å². The van der Waals surface area contributed by atoms with E-state index in [9.17, 15) is 25.2 Å². The van der Waals surface area contributed by atoms with Crippen LogP contribution in [0.15, 0.2) is 0 Å². The van der Waals surface area contributed by atoms with Crippen LogP contribution in [-0.2, 0) is 0 Å². The fraction of sp³-hybridized carbons (Fsp3) is 0.933. The highest BCUT2D eigenvalue weighted by molar-refractivity contribution is 5.73. The second kappa shape index (κ2) is 13.5. The topological polar surface area (TPSA) is 142 Å². The number of hydrogen-bond donors (Lipinski definition) is 7. The number of nitrogens with one attached hydrogen (secondary N) is 2. The van der Waals surface area contributed by atoms with Crippen LogP contribution in [0.2, 0.25) is 0 Å². The number of hydrogen-bond acceptors (Lipinski definition) is 6. The first-order valence-corrected chi connectivity index (χ1v) is 8.28. The maximum Gasteiger partial charge on any atom is 0.314 e. The van der Waals surface area contributed by atoms with Gasteiger partial charge in [0.25, 0.3) is 0 Å². The molecule has 8 nitrogen and oxygen atoms in total. The van der Waals surface area contributed by atoms with Gasteiger partial charge in [0.2, 0.25) is 0 Å². The lowest BCUT2D eigenvalue weighted by molar-refractivity contribution is -0.113. The van der Waals surface area contributed by atoms with Gasteiger partial charge < -0.3 is 36.2 Å². The molecule has 23 heavy (non-hydrogen) atoms. The molecule has 0 bridgehead atoms. The molecule has 4 atom stereocenters. The number of rotatable bonds is 13. The van der Waals surface area contributed by atoms with E-state index in [1.165, 1.54) is 19.3 Å². The molecule has 0 fully saturated rings. The Hall–Kier alpha value is -0.930. The van der Waals surface area contributed by atoms with Crippen molar-refractivity contribution in [1.82, 2.24) is 10.6 Å². The zero-order valence-corrected chi connectivity index (χ0v) is 13.8. The summed E-state index contributed by atoms with van der Waals surface area (Å²) in [6.07, 6.45) is 0.327. The molecule has 0 saturated heterocycles. The molecule has 0 aliphatic rings. The monoisotopic (exact) mass is 336 g/mol. The fourth-order valence-corrected chi connectivity index (χ4v) is 2.05. The Morgan fingerprint density at radius 1 is 0.870 bits per heavy atom. The molecule has 0 spiro atoms. The third-order valence-corrected chi connectivity index (χ3v) is 3.61. The van der Waals surface area contributed by atoms with Crippen molar-refractivity contribution in [3.8, 4) is 0 Å². The normalized spacial score (nSPS) is 16.4. The van der Waals surface area contributed by atoms with E-state index >= 15 is 0 Å². The summed E-state index contributed by atoms with van der Waals surface area (Å²) in [6, 6.07) is -0.470. The van der Waals surface area contributed by atoms with Crippen molar-refractivity contribution in [2.75, 3.05) is 19.7 Å². The van der Waals surface area contributed by atoms with Gasteiger partial charge in [-0.2, -0.15) is 0 Å².